The van der Waals surface area contributed by atoms with E-state index in [1.165, 1.54) is 6.20 Å². The number of anilines is 3. The van der Waals surface area contributed by atoms with Crippen molar-refractivity contribution in [2.45, 2.75) is 6.92 Å². The second kappa shape index (κ2) is 7.28. The minimum absolute atomic E-state index is 0.231. The number of benzene rings is 2. The maximum absolute atomic E-state index is 12.4. The molecule has 2 N–H and O–H groups in total. The zero-order valence-electron chi connectivity index (χ0n) is 13.7. The lowest BCUT2D eigenvalue weighted by molar-refractivity contribution is 0.102. The summed E-state index contributed by atoms with van der Waals surface area (Å²) in [7, 11) is 0. The molecular weight excluding hydrogens is 312 g/mol. The molecular formula is C20H16N4O. The van der Waals surface area contributed by atoms with Crippen LogP contribution < -0.4 is 10.6 Å². The summed E-state index contributed by atoms with van der Waals surface area (Å²) in [4.78, 5) is 16.5. The van der Waals surface area contributed by atoms with Crippen LogP contribution in [-0.2, 0) is 0 Å². The van der Waals surface area contributed by atoms with E-state index in [-0.39, 0.29) is 5.91 Å². The number of amides is 1. The van der Waals surface area contributed by atoms with E-state index in [0.717, 1.165) is 16.9 Å². The monoisotopic (exact) mass is 328 g/mol. The second-order valence-corrected chi connectivity index (χ2v) is 5.60. The fraction of sp³-hybridized carbons (Fsp3) is 0.0500. The van der Waals surface area contributed by atoms with E-state index in [1.54, 1.807) is 30.5 Å². The lowest BCUT2D eigenvalue weighted by Crippen LogP contribution is -2.12. The summed E-state index contributed by atoms with van der Waals surface area (Å²) in [6, 6.07) is 18.5. The number of carbonyl (C=O) groups is 1. The van der Waals surface area contributed by atoms with Gasteiger partial charge in [-0.05, 0) is 43.3 Å². The largest absolute Gasteiger partial charge is 0.354 e. The lowest BCUT2D eigenvalue weighted by atomic mass is 10.2. The number of hydrogen-bond acceptors (Lipinski definition) is 4. The summed E-state index contributed by atoms with van der Waals surface area (Å²) in [6.07, 6.45) is 3.14. The van der Waals surface area contributed by atoms with Crippen molar-refractivity contribution in [1.29, 1.82) is 5.26 Å². The van der Waals surface area contributed by atoms with Gasteiger partial charge in [-0.25, -0.2) is 0 Å². The quantitative estimate of drug-likeness (QED) is 0.750. The Labute approximate surface area is 146 Å². The molecule has 0 saturated heterocycles. The number of pyridine rings is 1. The Morgan fingerprint density at radius 3 is 2.56 bits per heavy atom. The third-order valence-electron chi connectivity index (χ3n) is 3.59. The first-order chi connectivity index (χ1) is 12.1. The van der Waals surface area contributed by atoms with Crippen molar-refractivity contribution in [3.05, 3.63) is 83.7 Å². The molecule has 1 heterocycles. The standard InChI is InChI=1S/C20H16N4O/c1-14-5-7-17(8-6-14)24-20(25)16-10-19(13-22-12-16)23-18-4-2-3-15(9-18)11-21/h2-10,12-13,23H,1H3,(H,24,25). The number of nitriles is 1. The number of aryl methyl sites for hydroxylation is 1. The van der Waals surface area contributed by atoms with Gasteiger partial charge in [0.15, 0.2) is 0 Å². The molecule has 1 aromatic heterocycles. The third-order valence-corrected chi connectivity index (χ3v) is 3.59. The molecule has 3 rings (SSSR count). The molecule has 0 aliphatic heterocycles. The molecule has 0 bridgehead atoms. The molecule has 5 nitrogen and oxygen atoms in total. The normalized spacial score (nSPS) is 9.92. The van der Waals surface area contributed by atoms with E-state index >= 15 is 0 Å². The predicted molar refractivity (Wildman–Crippen MR) is 97.8 cm³/mol. The first-order valence-corrected chi connectivity index (χ1v) is 7.74. The first kappa shape index (κ1) is 16.2. The number of hydrogen-bond donors (Lipinski definition) is 2. The van der Waals surface area contributed by atoms with Gasteiger partial charge in [-0.3, -0.25) is 9.78 Å². The van der Waals surface area contributed by atoms with E-state index in [9.17, 15) is 4.79 Å². The van der Waals surface area contributed by atoms with Crippen LogP contribution in [0.15, 0.2) is 67.0 Å². The van der Waals surface area contributed by atoms with Gasteiger partial charge in [0.2, 0.25) is 0 Å². The van der Waals surface area contributed by atoms with Crippen LogP contribution >= 0.6 is 0 Å². The fourth-order valence-corrected chi connectivity index (χ4v) is 2.31. The average Bonchev–Trinajstić information content (AvgIpc) is 2.64. The molecule has 0 aliphatic rings. The van der Waals surface area contributed by atoms with Gasteiger partial charge in [0.05, 0.1) is 29.1 Å². The van der Waals surface area contributed by atoms with Crippen molar-refractivity contribution in [2.75, 3.05) is 10.6 Å². The van der Waals surface area contributed by atoms with E-state index in [2.05, 4.69) is 21.7 Å². The maximum atomic E-state index is 12.4. The van der Waals surface area contributed by atoms with E-state index in [0.29, 0.717) is 16.8 Å². The Balaban J connectivity index is 1.75. The van der Waals surface area contributed by atoms with Crippen molar-refractivity contribution in [1.82, 2.24) is 4.98 Å². The Hall–Kier alpha value is -3.65. The first-order valence-electron chi connectivity index (χ1n) is 7.74. The van der Waals surface area contributed by atoms with Crippen LogP contribution in [0.1, 0.15) is 21.5 Å². The van der Waals surface area contributed by atoms with Crippen LogP contribution in [0, 0.1) is 18.3 Å². The predicted octanol–water partition coefficient (Wildman–Crippen LogP) is 4.26. The summed E-state index contributed by atoms with van der Waals surface area (Å²) in [5.74, 6) is -0.231. The van der Waals surface area contributed by atoms with Crippen LogP contribution in [0.5, 0.6) is 0 Å². The van der Waals surface area contributed by atoms with E-state index in [4.69, 9.17) is 5.26 Å². The Bertz CT molecular complexity index is 942. The van der Waals surface area contributed by atoms with Crippen LogP contribution in [0.2, 0.25) is 0 Å². The van der Waals surface area contributed by atoms with Crippen LogP contribution in [0.3, 0.4) is 0 Å². The van der Waals surface area contributed by atoms with Gasteiger partial charge in [-0.15, -0.1) is 0 Å². The smallest absolute Gasteiger partial charge is 0.257 e. The molecule has 122 valence electrons. The molecule has 0 saturated carbocycles. The van der Waals surface area contributed by atoms with Gasteiger partial charge >= 0.3 is 0 Å². The van der Waals surface area contributed by atoms with Gasteiger partial charge in [0, 0.05) is 17.6 Å². The second-order valence-electron chi connectivity index (χ2n) is 5.60. The minimum Gasteiger partial charge on any atom is -0.354 e. The van der Waals surface area contributed by atoms with Crippen LogP contribution in [-0.4, -0.2) is 10.9 Å². The average molecular weight is 328 g/mol. The number of carbonyl (C=O) groups excluding carboxylic acids is 1. The highest BCUT2D eigenvalue weighted by atomic mass is 16.1. The molecule has 0 unspecified atom stereocenters. The summed E-state index contributed by atoms with van der Waals surface area (Å²) >= 11 is 0. The van der Waals surface area contributed by atoms with Gasteiger partial charge in [0.25, 0.3) is 5.91 Å². The number of nitrogens with zero attached hydrogens (tertiary/aromatic N) is 2. The van der Waals surface area contributed by atoms with E-state index in [1.807, 2.05) is 37.3 Å². The highest BCUT2D eigenvalue weighted by Gasteiger charge is 2.08. The lowest BCUT2D eigenvalue weighted by Gasteiger charge is -2.09. The van der Waals surface area contributed by atoms with Crippen molar-refractivity contribution in [3.63, 3.8) is 0 Å². The molecule has 0 aliphatic carbocycles. The summed E-state index contributed by atoms with van der Waals surface area (Å²) in [5.41, 5.74) is 4.30. The highest BCUT2D eigenvalue weighted by Crippen LogP contribution is 2.18. The van der Waals surface area contributed by atoms with Crippen molar-refractivity contribution >= 4 is 23.0 Å². The molecule has 0 radical (unpaired) electrons. The van der Waals surface area contributed by atoms with Gasteiger partial charge < -0.3 is 10.6 Å². The van der Waals surface area contributed by atoms with Crippen LogP contribution in [0.25, 0.3) is 0 Å². The van der Waals surface area contributed by atoms with Gasteiger partial charge in [-0.1, -0.05) is 23.8 Å². The Morgan fingerprint density at radius 2 is 1.80 bits per heavy atom. The summed E-state index contributed by atoms with van der Waals surface area (Å²) in [5, 5.41) is 15.0. The van der Waals surface area contributed by atoms with Crippen molar-refractivity contribution in [2.24, 2.45) is 0 Å². The fourth-order valence-electron chi connectivity index (χ4n) is 2.31. The molecule has 1 amide bonds. The van der Waals surface area contributed by atoms with Crippen molar-refractivity contribution < 1.29 is 4.79 Å². The van der Waals surface area contributed by atoms with E-state index < -0.39 is 0 Å². The molecule has 0 atom stereocenters. The number of aromatic nitrogens is 1. The number of nitrogens with one attached hydrogen (secondary N) is 2. The Kier molecular flexibility index (Phi) is 4.72. The zero-order valence-corrected chi connectivity index (χ0v) is 13.7. The Morgan fingerprint density at radius 1 is 1.00 bits per heavy atom. The number of rotatable bonds is 4. The molecule has 5 heteroatoms. The minimum atomic E-state index is -0.231. The maximum Gasteiger partial charge on any atom is 0.257 e. The summed E-state index contributed by atoms with van der Waals surface area (Å²) in [6.45, 7) is 1.99. The third kappa shape index (κ3) is 4.21. The van der Waals surface area contributed by atoms with Gasteiger partial charge in [0.1, 0.15) is 0 Å². The SMILES string of the molecule is Cc1ccc(NC(=O)c2cncc(Nc3cccc(C#N)c3)c2)cc1. The topological polar surface area (TPSA) is 77.8 Å². The van der Waals surface area contributed by atoms with Crippen molar-refractivity contribution in [3.8, 4) is 6.07 Å². The molecule has 25 heavy (non-hydrogen) atoms. The molecule has 0 spiro atoms. The summed E-state index contributed by atoms with van der Waals surface area (Å²) < 4.78 is 0. The van der Waals surface area contributed by atoms with Crippen LogP contribution in [0.4, 0.5) is 17.1 Å². The molecule has 0 fully saturated rings. The molecule has 2 aromatic carbocycles. The zero-order chi connectivity index (χ0) is 17.6. The van der Waals surface area contributed by atoms with Gasteiger partial charge in [-0.2, -0.15) is 5.26 Å². The molecule has 3 aromatic rings. The highest BCUT2D eigenvalue weighted by molar-refractivity contribution is 6.04.